The highest BCUT2D eigenvalue weighted by molar-refractivity contribution is 7.99. The second kappa shape index (κ2) is 8.89. The second-order valence-corrected chi connectivity index (χ2v) is 7.46. The fourth-order valence-corrected chi connectivity index (χ4v) is 3.99. The maximum atomic E-state index is 13.0. The van der Waals surface area contributed by atoms with Gasteiger partial charge in [-0.25, -0.2) is 4.98 Å². The van der Waals surface area contributed by atoms with Crippen molar-refractivity contribution in [1.29, 1.82) is 5.26 Å². The molecule has 2 aromatic heterocycles. The molecule has 3 rings (SSSR count). The molecule has 0 fully saturated rings. The average Bonchev–Trinajstić information content (AvgIpc) is 3.06. The van der Waals surface area contributed by atoms with Crippen LogP contribution in [0.4, 0.5) is 5.69 Å². The monoisotopic (exact) mass is 393 g/mol. The van der Waals surface area contributed by atoms with Gasteiger partial charge in [0.25, 0.3) is 0 Å². The number of thioether (sulfide) groups is 1. The van der Waals surface area contributed by atoms with Crippen molar-refractivity contribution in [2.45, 2.75) is 38.9 Å². The van der Waals surface area contributed by atoms with Gasteiger partial charge in [-0.3, -0.25) is 9.78 Å². The summed E-state index contributed by atoms with van der Waals surface area (Å²) < 4.78 is 2.09. The van der Waals surface area contributed by atoms with Crippen molar-refractivity contribution in [1.82, 2.24) is 14.5 Å². The Balaban J connectivity index is 1.80. The van der Waals surface area contributed by atoms with Crippen molar-refractivity contribution in [3.8, 4) is 6.07 Å². The Morgan fingerprint density at radius 3 is 2.82 bits per heavy atom. The highest BCUT2D eigenvalue weighted by Gasteiger charge is 2.18. The van der Waals surface area contributed by atoms with Gasteiger partial charge in [-0.1, -0.05) is 17.8 Å². The minimum Gasteiger partial charge on any atom is -0.319 e. The van der Waals surface area contributed by atoms with Crippen molar-refractivity contribution in [3.05, 3.63) is 47.8 Å². The Bertz CT molecular complexity index is 1040. The molecule has 0 saturated carbocycles. The van der Waals surface area contributed by atoms with Crippen LogP contribution in [0.2, 0.25) is 0 Å². The summed E-state index contributed by atoms with van der Waals surface area (Å²) in [5.74, 6) is 0.228. The van der Waals surface area contributed by atoms with Crippen LogP contribution in [0.25, 0.3) is 11.0 Å². The molecule has 0 saturated heterocycles. The van der Waals surface area contributed by atoms with Gasteiger partial charge in [0, 0.05) is 25.0 Å². The van der Waals surface area contributed by atoms with Gasteiger partial charge in [0.05, 0.1) is 30.0 Å². The molecule has 6 nitrogen and oxygen atoms in total. The molecule has 7 heteroatoms. The number of hydrogen-bond donors (Lipinski definition) is 0. The Morgan fingerprint density at radius 1 is 1.29 bits per heavy atom. The third kappa shape index (κ3) is 4.18. The molecule has 3 aromatic rings. The van der Waals surface area contributed by atoms with Gasteiger partial charge in [0.2, 0.25) is 5.91 Å². The van der Waals surface area contributed by atoms with Crippen molar-refractivity contribution in [3.63, 3.8) is 0 Å². The van der Waals surface area contributed by atoms with E-state index >= 15 is 0 Å². The van der Waals surface area contributed by atoms with Gasteiger partial charge >= 0.3 is 0 Å². The van der Waals surface area contributed by atoms with Crippen LogP contribution in [0.15, 0.2) is 41.8 Å². The lowest BCUT2D eigenvalue weighted by molar-refractivity contribution is -0.116. The predicted molar refractivity (Wildman–Crippen MR) is 112 cm³/mol. The number of fused-ring (bicyclic) bond motifs is 1. The number of benzene rings is 1. The van der Waals surface area contributed by atoms with Crippen LogP contribution < -0.4 is 4.90 Å². The standard InChI is InChI=1S/C21H23N5OS/c1-4-25-19-8-10-23-13-18(19)24-21(25)28-14-20(27)26(11-5-9-22)17-7-6-15(2)16(3)12-17/h6-8,10,12-13H,4-5,11,14H2,1-3H3. The molecule has 28 heavy (non-hydrogen) atoms. The number of rotatable bonds is 7. The number of carbonyl (C=O) groups excluding carboxylic acids is 1. The maximum Gasteiger partial charge on any atom is 0.237 e. The molecule has 0 aliphatic rings. The van der Waals surface area contributed by atoms with Gasteiger partial charge < -0.3 is 9.47 Å². The number of carbonyl (C=O) groups is 1. The van der Waals surface area contributed by atoms with Crippen LogP contribution in [0.5, 0.6) is 0 Å². The minimum absolute atomic E-state index is 0.0312. The number of hydrogen-bond acceptors (Lipinski definition) is 5. The molecule has 0 spiro atoms. The highest BCUT2D eigenvalue weighted by Crippen LogP contribution is 2.25. The minimum atomic E-state index is -0.0312. The SMILES string of the molecule is CCn1c(SCC(=O)N(CCC#N)c2ccc(C)c(C)c2)nc2cnccc21. The number of aromatic nitrogens is 3. The molecular weight excluding hydrogens is 370 g/mol. The van der Waals surface area contributed by atoms with Gasteiger partial charge in [0.15, 0.2) is 5.16 Å². The van der Waals surface area contributed by atoms with Crippen LogP contribution in [0, 0.1) is 25.2 Å². The molecule has 0 unspecified atom stereocenters. The first kappa shape index (κ1) is 19.9. The molecule has 0 N–H and O–H groups in total. The molecular formula is C21H23N5OS. The number of amides is 1. The van der Waals surface area contributed by atoms with E-state index in [1.54, 1.807) is 17.3 Å². The largest absolute Gasteiger partial charge is 0.319 e. The van der Waals surface area contributed by atoms with E-state index in [1.165, 1.54) is 17.3 Å². The average molecular weight is 394 g/mol. The molecule has 0 atom stereocenters. The van der Waals surface area contributed by atoms with Crippen LogP contribution in [-0.2, 0) is 11.3 Å². The molecule has 0 radical (unpaired) electrons. The number of nitriles is 1. The smallest absolute Gasteiger partial charge is 0.237 e. The quantitative estimate of drug-likeness (QED) is 0.565. The van der Waals surface area contributed by atoms with Crippen LogP contribution >= 0.6 is 11.8 Å². The number of imidazole rings is 1. The first-order valence-electron chi connectivity index (χ1n) is 9.22. The van der Waals surface area contributed by atoms with Gasteiger partial charge in [-0.15, -0.1) is 0 Å². The Labute approximate surface area is 169 Å². The van der Waals surface area contributed by atoms with Gasteiger partial charge in [0.1, 0.15) is 5.52 Å². The normalized spacial score (nSPS) is 10.8. The van der Waals surface area contributed by atoms with Crippen LogP contribution in [-0.4, -0.2) is 32.7 Å². The third-order valence-electron chi connectivity index (χ3n) is 4.71. The first-order chi connectivity index (χ1) is 13.5. The molecule has 2 heterocycles. The molecule has 144 valence electrons. The van der Waals surface area contributed by atoms with Gasteiger partial charge in [-0.05, 0) is 50.1 Å². The first-order valence-corrected chi connectivity index (χ1v) is 10.2. The zero-order valence-corrected chi connectivity index (χ0v) is 17.2. The van der Waals surface area contributed by atoms with E-state index < -0.39 is 0 Å². The zero-order valence-electron chi connectivity index (χ0n) is 16.3. The van der Waals surface area contributed by atoms with E-state index in [-0.39, 0.29) is 11.7 Å². The van der Waals surface area contributed by atoms with Crippen molar-refractivity contribution >= 4 is 34.4 Å². The Hall–Kier alpha value is -2.85. The fraction of sp³-hybridized carbons (Fsp3) is 0.333. The number of nitrogens with zero attached hydrogens (tertiary/aromatic N) is 5. The number of anilines is 1. The summed E-state index contributed by atoms with van der Waals surface area (Å²) in [6.45, 7) is 7.28. The van der Waals surface area contributed by atoms with E-state index in [0.29, 0.717) is 13.0 Å². The summed E-state index contributed by atoms with van der Waals surface area (Å²) in [5.41, 5.74) is 4.98. The summed E-state index contributed by atoms with van der Waals surface area (Å²) in [5, 5.41) is 9.79. The Kier molecular flexibility index (Phi) is 6.32. The summed E-state index contributed by atoms with van der Waals surface area (Å²) in [6, 6.07) is 10.0. The summed E-state index contributed by atoms with van der Waals surface area (Å²) in [7, 11) is 0. The molecule has 0 bridgehead atoms. The summed E-state index contributed by atoms with van der Waals surface area (Å²) >= 11 is 1.42. The van der Waals surface area contributed by atoms with E-state index in [0.717, 1.165) is 34.0 Å². The molecule has 0 aliphatic heterocycles. The van der Waals surface area contributed by atoms with E-state index in [1.807, 2.05) is 38.1 Å². The van der Waals surface area contributed by atoms with E-state index in [9.17, 15) is 4.79 Å². The summed E-state index contributed by atoms with van der Waals surface area (Å²) in [6.07, 6.45) is 3.78. The number of aryl methyl sites for hydroxylation is 3. The zero-order chi connectivity index (χ0) is 20.1. The summed E-state index contributed by atoms with van der Waals surface area (Å²) in [4.78, 5) is 23.4. The molecule has 1 amide bonds. The number of pyridine rings is 1. The topological polar surface area (TPSA) is 74.8 Å². The van der Waals surface area contributed by atoms with Crippen molar-refractivity contribution in [2.24, 2.45) is 0 Å². The molecule has 1 aromatic carbocycles. The lowest BCUT2D eigenvalue weighted by Crippen LogP contribution is -2.33. The second-order valence-electron chi connectivity index (χ2n) is 6.51. The lowest BCUT2D eigenvalue weighted by Gasteiger charge is -2.22. The Morgan fingerprint density at radius 2 is 2.11 bits per heavy atom. The maximum absolute atomic E-state index is 13.0. The van der Waals surface area contributed by atoms with E-state index in [4.69, 9.17) is 5.26 Å². The van der Waals surface area contributed by atoms with E-state index in [2.05, 4.69) is 27.5 Å². The van der Waals surface area contributed by atoms with Crippen LogP contribution in [0.3, 0.4) is 0 Å². The van der Waals surface area contributed by atoms with Crippen molar-refractivity contribution in [2.75, 3.05) is 17.2 Å². The van der Waals surface area contributed by atoms with Gasteiger partial charge in [-0.2, -0.15) is 5.26 Å². The molecule has 0 aliphatic carbocycles. The third-order valence-corrected chi connectivity index (χ3v) is 5.67. The van der Waals surface area contributed by atoms with Crippen LogP contribution in [0.1, 0.15) is 24.5 Å². The predicted octanol–water partition coefficient (Wildman–Crippen LogP) is 4.11. The lowest BCUT2D eigenvalue weighted by atomic mass is 10.1. The fourth-order valence-electron chi connectivity index (χ4n) is 3.03. The highest BCUT2D eigenvalue weighted by atomic mass is 32.2. The van der Waals surface area contributed by atoms with Crippen molar-refractivity contribution < 1.29 is 4.79 Å².